The molecule has 5 rings (SSSR count). The molecule has 2 aromatic heterocycles. The van der Waals surface area contributed by atoms with E-state index >= 15 is 0 Å². The Morgan fingerprint density at radius 3 is 2.33 bits per heavy atom. The van der Waals surface area contributed by atoms with Crippen molar-refractivity contribution in [1.29, 1.82) is 0 Å². The molecule has 4 aromatic rings. The molecule has 0 aliphatic carbocycles. The minimum Gasteiger partial charge on any atom is -0.310 e. The minimum atomic E-state index is -0.437. The van der Waals surface area contributed by atoms with Crippen LogP contribution in [0, 0.1) is 24.0 Å². The van der Waals surface area contributed by atoms with Crippen molar-refractivity contribution in [3.8, 4) is 17.2 Å². The number of fused-ring (bicyclic) bond motifs is 1. The van der Waals surface area contributed by atoms with Gasteiger partial charge in [0.15, 0.2) is 0 Å². The van der Waals surface area contributed by atoms with Gasteiger partial charge in [-0.2, -0.15) is 9.78 Å². The van der Waals surface area contributed by atoms with Crippen molar-refractivity contribution in [2.45, 2.75) is 26.2 Å². The Kier molecular flexibility index (Phi) is 4.93. The third-order valence-electron chi connectivity index (χ3n) is 5.63. The minimum absolute atomic E-state index is 0.00171. The summed E-state index contributed by atoms with van der Waals surface area (Å²) in [4.78, 5) is 32.5. The molecular formula is C24H20N6O3. The zero-order valence-corrected chi connectivity index (χ0v) is 18.0. The lowest BCUT2D eigenvalue weighted by atomic mass is 9.84. The highest BCUT2D eigenvalue weighted by Gasteiger charge is 2.35. The third-order valence-corrected chi connectivity index (χ3v) is 5.63. The Morgan fingerprint density at radius 2 is 1.70 bits per heavy atom. The normalized spacial score (nSPS) is 15.1. The van der Waals surface area contributed by atoms with Crippen LogP contribution in [0.4, 0.5) is 11.5 Å². The summed E-state index contributed by atoms with van der Waals surface area (Å²) in [6.45, 7) is 3.76. The molecule has 1 N–H and O–H groups in total. The first-order valence-corrected chi connectivity index (χ1v) is 10.5. The van der Waals surface area contributed by atoms with Crippen LogP contribution in [0.1, 0.15) is 34.9 Å². The number of carbonyl (C=O) groups is 1. The monoisotopic (exact) mass is 440 g/mol. The summed E-state index contributed by atoms with van der Waals surface area (Å²) < 4.78 is 1.58. The van der Waals surface area contributed by atoms with E-state index in [0.717, 1.165) is 28.1 Å². The molecule has 0 saturated carbocycles. The molecule has 33 heavy (non-hydrogen) atoms. The van der Waals surface area contributed by atoms with Crippen LogP contribution in [0.15, 0.2) is 60.7 Å². The standard InChI is InChI=1S/C24H20N6O3/c1-14-12-15(2)26-24(25-14)29-23-21(22(28-29)17-6-4-3-5-7-17)19(13-20(31)27-23)16-8-10-18(11-9-16)30(32)33/h3-12,19H,13H2,1-2H3,(H,27,31). The molecule has 0 spiro atoms. The number of rotatable bonds is 4. The van der Waals surface area contributed by atoms with Crippen LogP contribution in [0.5, 0.6) is 0 Å². The van der Waals surface area contributed by atoms with Gasteiger partial charge in [-0.3, -0.25) is 14.9 Å². The number of nitro groups is 1. The number of nitrogens with zero attached hydrogens (tertiary/aromatic N) is 5. The molecule has 1 amide bonds. The van der Waals surface area contributed by atoms with E-state index in [1.165, 1.54) is 12.1 Å². The van der Waals surface area contributed by atoms with Gasteiger partial charge < -0.3 is 5.32 Å². The number of anilines is 1. The molecule has 0 bridgehead atoms. The molecule has 164 valence electrons. The van der Waals surface area contributed by atoms with Crippen LogP contribution in [-0.2, 0) is 4.79 Å². The summed E-state index contributed by atoms with van der Waals surface area (Å²) in [7, 11) is 0. The maximum atomic E-state index is 12.7. The van der Waals surface area contributed by atoms with Gasteiger partial charge in [0.05, 0.1) is 10.6 Å². The first-order valence-electron chi connectivity index (χ1n) is 10.5. The van der Waals surface area contributed by atoms with Gasteiger partial charge in [0.25, 0.3) is 11.6 Å². The fourth-order valence-corrected chi connectivity index (χ4v) is 4.22. The van der Waals surface area contributed by atoms with Crippen molar-refractivity contribution in [2.24, 2.45) is 0 Å². The van der Waals surface area contributed by atoms with E-state index in [2.05, 4.69) is 15.3 Å². The lowest BCUT2D eigenvalue weighted by molar-refractivity contribution is -0.384. The van der Waals surface area contributed by atoms with Gasteiger partial charge in [0.1, 0.15) is 5.82 Å². The van der Waals surface area contributed by atoms with E-state index in [1.54, 1.807) is 16.8 Å². The molecule has 2 aromatic carbocycles. The Bertz CT molecular complexity index is 1360. The molecule has 9 heteroatoms. The summed E-state index contributed by atoms with van der Waals surface area (Å²) in [5.41, 5.74) is 4.81. The van der Waals surface area contributed by atoms with E-state index in [4.69, 9.17) is 5.10 Å². The van der Waals surface area contributed by atoms with Crippen molar-refractivity contribution in [3.05, 3.63) is 93.3 Å². The lowest BCUT2D eigenvalue weighted by Crippen LogP contribution is -2.25. The van der Waals surface area contributed by atoms with Crippen molar-refractivity contribution < 1.29 is 9.72 Å². The van der Waals surface area contributed by atoms with Crippen LogP contribution >= 0.6 is 0 Å². The Balaban J connectivity index is 1.75. The number of aryl methyl sites for hydroxylation is 2. The van der Waals surface area contributed by atoms with Crippen molar-refractivity contribution in [3.63, 3.8) is 0 Å². The molecule has 1 aliphatic rings. The smallest absolute Gasteiger partial charge is 0.269 e. The quantitative estimate of drug-likeness (QED) is 0.373. The first-order chi connectivity index (χ1) is 15.9. The highest BCUT2D eigenvalue weighted by Crippen LogP contribution is 2.43. The topological polar surface area (TPSA) is 116 Å². The van der Waals surface area contributed by atoms with E-state index in [0.29, 0.717) is 17.5 Å². The molecule has 1 atom stereocenters. The lowest BCUT2D eigenvalue weighted by Gasteiger charge is -2.24. The second kappa shape index (κ2) is 7.94. The maximum absolute atomic E-state index is 12.7. The Morgan fingerprint density at radius 1 is 1.03 bits per heavy atom. The second-order valence-electron chi connectivity index (χ2n) is 7.99. The van der Waals surface area contributed by atoms with Crippen molar-refractivity contribution >= 4 is 17.4 Å². The number of hydrogen-bond acceptors (Lipinski definition) is 6. The molecule has 1 aliphatic heterocycles. The number of nitrogens with one attached hydrogen (secondary N) is 1. The van der Waals surface area contributed by atoms with Gasteiger partial charge in [-0.15, -0.1) is 0 Å². The van der Waals surface area contributed by atoms with E-state index < -0.39 is 4.92 Å². The van der Waals surface area contributed by atoms with E-state index in [-0.39, 0.29) is 23.9 Å². The van der Waals surface area contributed by atoms with Crippen LogP contribution in [0.2, 0.25) is 0 Å². The predicted molar refractivity (Wildman–Crippen MR) is 122 cm³/mol. The van der Waals surface area contributed by atoms with E-state index in [9.17, 15) is 14.9 Å². The molecule has 0 radical (unpaired) electrons. The summed E-state index contributed by atoms with van der Waals surface area (Å²) in [5.74, 6) is 0.384. The van der Waals surface area contributed by atoms with Gasteiger partial charge in [-0.1, -0.05) is 42.5 Å². The van der Waals surface area contributed by atoms with Gasteiger partial charge >= 0.3 is 0 Å². The summed E-state index contributed by atoms with van der Waals surface area (Å²) in [6, 6.07) is 17.9. The van der Waals surface area contributed by atoms with Crippen LogP contribution in [0.25, 0.3) is 17.2 Å². The summed E-state index contributed by atoms with van der Waals surface area (Å²) >= 11 is 0. The predicted octanol–water partition coefficient (Wildman–Crippen LogP) is 4.33. The number of non-ortho nitro benzene ring substituents is 1. The average molecular weight is 440 g/mol. The maximum Gasteiger partial charge on any atom is 0.269 e. The Labute approximate surface area is 189 Å². The highest BCUT2D eigenvalue weighted by molar-refractivity contribution is 5.96. The van der Waals surface area contributed by atoms with Gasteiger partial charge in [-0.05, 0) is 25.5 Å². The first kappa shape index (κ1) is 20.5. The van der Waals surface area contributed by atoms with E-state index in [1.807, 2.05) is 50.2 Å². The van der Waals surface area contributed by atoms with Crippen molar-refractivity contribution in [1.82, 2.24) is 19.7 Å². The fourth-order valence-electron chi connectivity index (χ4n) is 4.22. The number of carbonyl (C=O) groups excluding carboxylic acids is 1. The molecular weight excluding hydrogens is 420 g/mol. The highest BCUT2D eigenvalue weighted by atomic mass is 16.6. The van der Waals surface area contributed by atoms with Crippen molar-refractivity contribution in [2.75, 3.05) is 5.32 Å². The molecule has 0 saturated heterocycles. The molecule has 9 nitrogen and oxygen atoms in total. The fraction of sp³-hybridized carbons (Fsp3) is 0.167. The van der Waals surface area contributed by atoms with Gasteiger partial charge in [0.2, 0.25) is 5.91 Å². The summed E-state index contributed by atoms with van der Waals surface area (Å²) in [5, 5.41) is 18.9. The van der Waals surface area contributed by atoms with Gasteiger partial charge in [0, 0.05) is 47.0 Å². The SMILES string of the molecule is Cc1cc(C)nc(-n2nc(-c3ccccc3)c3c2NC(=O)CC3c2ccc([N+](=O)[O-])cc2)n1. The molecule has 3 heterocycles. The third kappa shape index (κ3) is 3.73. The largest absolute Gasteiger partial charge is 0.310 e. The van der Waals surface area contributed by atoms with Gasteiger partial charge in [-0.25, -0.2) is 9.97 Å². The van der Waals surface area contributed by atoms with Crippen LogP contribution < -0.4 is 5.32 Å². The number of hydrogen-bond donors (Lipinski definition) is 1. The van der Waals surface area contributed by atoms with Crippen LogP contribution in [0.3, 0.4) is 0 Å². The molecule has 0 fully saturated rings. The number of nitro benzene ring substituents is 1. The zero-order valence-electron chi connectivity index (χ0n) is 18.0. The van der Waals surface area contributed by atoms with Crippen LogP contribution in [-0.4, -0.2) is 30.6 Å². The number of aromatic nitrogens is 4. The Hall–Kier alpha value is -4.40. The average Bonchev–Trinajstić information content (AvgIpc) is 3.18. The summed E-state index contributed by atoms with van der Waals surface area (Å²) in [6.07, 6.45) is 0.198. The zero-order chi connectivity index (χ0) is 23.1. The number of benzene rings is 2. The number of amides is 1. The molecule has 1 unspecified atom stereocenters. The second-order valence-corrected chi connectivity index (χ2v) is 7.99.